The van der Waals surface area contributed by atoms with Gasteiger partial charge in [-0.1, -0.05) is 17.7 Å². The number of hydrogen-bond acceptors (Lipinski definition) is 4. The largest absolute Gasteiger partial charge is 0.397 e. The zero-order valence-corrected chi connectivity index (χ0v) is 10.8. The molecule has 1 aliphatic rings. The van der Waals surface area contributed by atoms with E-state index in [1.807, 2.05) is 4.57 Å². The summed E-state index contributed by atoms with van der Waals surface area (Å²) in [6.45, 7) is 1.73. The number of halogens is 1. The smallest absolute Gasteiger partial charge is 0.256 e. The molecule has 3 rings (SSSR count). The van der Waals surface area contributed by atoms with Crippen molar-refractivity contribution in [1.82, 2.24) is 19.7 Å². The summed E-state index contributed by atoms with van der Waals surface area (Å²) in [6, 6.07) is 5.07. The molecule has 98 valence electrons. The predicted octanol–water partition coefficient (Wildman–Crippen LogP) is 1.17. The first-order chi connectivity index (χ1) is 9.16. The van der Waals surface area contributed by atoms with E-state index in [9.17, 15) is 4.79 Å². The maximum atomic E-state index is 12.4. The molecule has 19 heavy (non-hydrogen) atoms. The van der Waals surface area contributed by atoms with Crippen molar-refractivity contribution in [2.45, 2.75) is 13.1 Å². The molecule has 7 heteroatoms. The lowest BCUT2D eigenvalue weighted by atomic mass is 10.1. The van der Waals surface area contributed by atoms with Gasteiger partial charge in [0.1, 0.15) is 6.33 Å². The van der Waals surface area contributed by atoms with Gasteiger partial charge in [-0.2, -0.15) is 0 Å². The number of carbonyl (C=O) groups excluding carboxylic acids is 1. The van der Waals surface area contributed by atoms with E-state index in [-0.39, 0.29) is 5.91 Å². The number of amides is 1. The summed E-state index contributed by atoms with van der Waals surface area (Å²) in [5.41, 5.74) is 6.60. The Kier molecular flexibility index (Phi) is 2.87. The highest BCUT2D eigenvalue weighted by Crippen LogP contribution is 2.24. The third-order valence-electron chi connectivity index (χ3n) is 3.21. The van der Waals surface area contributed by atoms with Gasteiger partial charge in [-0.25, -0.2) is 0 Å². The Morgan fingerprint density at radius 3 is 3.05 bits per heavy atom. The van der Waals surface area contributed by atoms with Crippen molar-refractivity contribution >= 4 is 23.2 Å². The summed E-state index contributed by atoms with van der Waals surface area (Å²) < 4.78 is 1.94. The Labute approximate surface area is 114 Å². The number of carbonyl (C=O) groups is 1. The number of para-hydroxylation sites is 1. The summed E-state index contributed by atoms with van der Waals surface area (Å²) >= 11 is 5.94. The second-order valence-electron chi connectivity index (χ2n) is 4.37. The van der Waals surface area contributed by atoms with Crippen LogP contribution < -0.4 is 5.73 Å². The lowest BCUT2D eigenvalue weighted by Gasteiger charge is -2.27. The molecule has 0 radical (unpaired) electrons. The molecule has 1 aliphatic heterocycles. The molecule has 0 spiro atoms. The highest BCUT2D eigenvalue weighted by atomic mass is 35.5. The SMILES string of the molecule is Nc1c(Cl)cccc1C(=O)N1CCn2cnnc2C1. The third kappa shape index (κ3) is 2.04. The zero-order chi connectivity index (χ0) is 13.4. The van der Waals surface area contributed by atoms with Crippen LogP contribution in [0.4, 0.5) is 5.69 Å². The third-order valence-corrected chi connectivity index (χ3v) is 3.54. The predicted molar refractivity (Wildman–Crippen MR) is 70.6 cm³/mol. The maximum absolute atomic E-state index is 12.4. The van der Waals surface area contributed by atoms with Gasteiger partial charge in [0.2, 0.25) is 0 Å². The number of rotatable bonds is 1. The molecular formula is C12H12ClN5O. The van der Waals surface area contributed by atoms with Crippen LogP contribution in [0.2, 0.25) is 5.02 Å². The average Bonchev–Trinajstić information content (AvgIpc) is 2.88. The molecule has 6 nitrogen and oxygen atoms in total. The Hall–Kier alpha value is -2.08. The van der Waals surface area contributed by atoms with Gasteiger partial charge in [-0.3, -0.25) is 4.79 Å². The number of fused-ring (bicyclic) bond motifs is 1. The average molecular weight is 278 g/mol. The molecule has 0 fully saturated rings. The molecule has 0 saturated carbocycles. The minimum atomic E-state index is -0.130. The fourth-order valence-electron chi connectivity index (χ4n) is 2.13. The van der Waals surface area contributed by atoms with Gasteiger partial charge < -0.3 is 15.2 Å². The minimum Gasteiger partial charge on any atom is -0.397 e. The standard InChI is InChI=1S/C12H12ClN5O/c13-9-3-1-2-8(11(9)14)12(19)17-4-5-18-7-15-16-10(18)6-17/h1-3,7H,4-6,14H2. The van der Waals surface area contributed by atoms with Crippen LogP contribution in [-0.2, 0) is 13.1 Å². The number of nitrogen functional groups attached to an aromatic ring is 1. The fraction of sp³-hybridized carbons (Fsp3) is 0.250. The first-order valence-electron chi connectivity index (χ1n) is 5.87. The molecule has 0 unspecified atom stereocenters. The lowest BCUT2D eigenvalue weighted by Crippen LogP contribution is -2.38. The second kappa shape index (κ2) is 4.55. The van der Waals surface area contributed by atoms with Crippen LogP contribution in [0.1, 0.15) is 16.2 Å². The number of aromatic nitrogens is 3. The van der Waals surface area contributed by atoms with E-state index >= 15 is 0 Å². The Bertz CT molecular complexity index is 639. The minimum absolute atomic E-state index is 0.130. The van der Waals surface area contributed by atoms with E-state index in [1.54, 1.807) is 29.4 Å². The van der Waals surface area contributed by atoms with Gasteiger partial charge in [0.25, 0.3) is 5.91 Å². The van der Waals surface area contributed by atoms with Crippen LogP contribution in [0.3, 0.4) is 0 Å². The van der Waals surface area contributed by atoms with Gasteiger partial charge in [0, 0.05) is 13.1 Å². The molecule has 1 amide bonds. The van der Waals surface area contributed by atoms with Crippen molar-refractivity contribution < 1.29 is 4.79 Å². The van der Waals surface area contributed by atoms with Crippen molar-refractivity contribution in [3.05, 3.63) is 40.9 Å². The van der Waals surface area contributed by atoms with Crippen LogP contribution in [-0.4, -0.2) is 32.1 Å². The maximum Gasteiger partial charge on any atom is 0.256 e. The Balaban J connectivity index is 1.88. The number of hydrogen-bond donors (Lipinski definition) is 1. The molecule has 2 heterocycles. The molecule has 0 bridgehead atoms. The van der Waals surface area contributed by atoms with E-state index in [1.165, 1.54) is 0 Å². The molecule has 0 atom stereocenters. The van der Waals surface area contributed by atoms with Crippen LogP contribution in [0, 0.1) is 0 Å². The van der Waals surface area contributed by atoms with Crippen molar-refractivity contribution in [2.75, 3.05) is 12.3 Å². The number of nitrogens with two attached hydrogens (primary N) is 1. The normalized spacial score (nSPS) is 14.3. The van der Waals surface area contributed by atoms with E-state index in [2.05, 4.69) is 10.2 Å². The zero-order valence-electron chi connectivity index (χ0n) is 10.1. The molecule has 0 saturated heterocycles. The summed E-state index contributed by atoms with van der Waals surface area (Å²) in [5, 5.41) is 8.21. The number of nitrogens with zero attached hydrogens (tertiary/aromatic N) is 4. The topological polar surface area (TPSA) is 77.0 Å². The molecule has 1 aromatic heterocycles. The highest BCUT2D eigenvalue weighted by molar-refractivity contribution is 6.33. The summed E-state index contributed by atoms with van der Waals surface area (Å²) in [6.07, 6.45) is 1.67. The molecule has 2 aromatic rings. The quantitative estimate of drug-likeness (QED) is 0.794. The van der Waals surface area contributed by atoms with E-state index < -0.39 is 0 Å². The van der Waals surface area contributed by atoms with E-state index in [0.29, 0.717) is 35.9 Å². The Morgan fingerprint density at radius 2 is 2.21 bits per heavy atom. The first kappa shape index (κ1) is 12.0. The number of anilines is 1. The van der Waals surface area contributed by atoms with Crippen LogP contribution >= 0.6 is 11.6 Å². The van der Waals surface area contributed by atoms with Crippen molar-refractivity contribution in [2.24, 2.45) is 0 Å². The molecular weight excluding hydrogens is 266 g/mol. The van der Waals surface area contributed by atoms with Gasteiger partial charge in [-0.15, -0.1) is 10.2 Å². The summed E-state index contributed by atoms with van der Waals surface area (Å²) in [4.78, 5) is 14.1. The molecule has 2 N–H and O–H groups in total. The second-order valence-corrected chi connectivity index (χ2v) is 4.78. The Morgan fingerprint density at radius 1 is 1.37 bits per heavy atom. The summed E-state index contributed by atoms with van der Waals surface area (Å²) in [5.74, 6) is 0.648. The summed E-state index contributed by atoms with van der Waals surface area (Å²) in [7, 11) is 0. The lowest BCUT2D eigenvalue weighted by molar-refractivity contribution is 0.0708. The first-order valence-corrected chi connectivity index (χ1v) is 6.24. The number of benzene rings is 1. The van der Waals surface area contributed by atoms with Gasteiger partial charge in [0.15, 0.2) is 5.82 Å². The monoisotopic (exact) mass is 277 g/mol. The molecule has 1 aromatic carbocycles. The van der Waals surface area contributed by atoms with Crippen molar-refractivity contribution in [3.63, 3.8) is 0 Å². The van der Waals surface area contributed by atoms with Gasteiger partial charge in [0.05, 0.1) is 22.8 Å². The van der Waals surface area contributed by atoms with E-state index in [0.717, 1.165) is 5.82 Å². The van der Waals surface area contributed by atoms with Gasteiger partial charge >= 0.3 is 0 Å². The molecule has 0 aliphatic carbocycles. The van der Waals surface area contributed by atoms with Crippen molar-refractivity contribution in [3.8, 4) is 0 Å². The van der Waals surface area contributed by atoms with Gasteiger partial charge in [-0.05, 0) is 12.1 Å². The van der Waals surface area contributed by atoms with Crippen LogP contribution in [0.25, 0.3) is 0 Å². The van der Waals surface area contributed by atoms with Crippen LogP contribution in [0.5, 0.6) is 0 Å². The fourth-order valence-corrected chi connectivity index (χ4v) is 2.31. The van der Waals surface area contributed by atoms with E-state index in [4.69, 9.17) is 17.3 Å². The highest BCUT2D eigenvalue weighted by Gasteiger charge is 2.24. The van der Waals surface area contributed by atoms with Crippen LogP contribution in [0.15, 0.2) is 24.5 Å². The van der Waals surface area contributed by atoms with Crippen molar-refractivity contribution in [1.29, 1.82) is 0 Å².